The van der Waals surface area contributed by atoms with E-state index in [-0.39, 0.29) is 0 Å². The highest BCUT2D eigenvalue weighted by Crippen LogP contribution is 2.17. The molecular weight excluding hydrogens is 246 g/mol. The highest BCUT2D eigenvalue weighted by Gasteiger charge is 1.99. The van der Waals surface area contributed by atoms with Crippen LogP contribution in [0.15, 0.2) is 24.3 Å². The van der Waals surface area contributed by atoms with Crippen molar-refractivity contribution in [3.05, 3.63) is 24.3 Å². The van der Waals surface area contributed by atoms with E-state index in [1.54, 1.807) is 12.1 Å². The van der Waals surface area contributed by atoms with Gasteiger partial charge in [-0.3, -0.25) is 9.11 Å². The number of rotatable bonds is 3. The van der Waals surface area contributed by atoms with E-state index in [1.165, 1.54) is 0 Å². The van der Waals surface area contributed by atoms with Crippen molar-refractivity contribution in [1.29, 1.82) is 0 Å². The molecule has 0 radical (unpaired) electrons. The zero-order chi connectivity index (χ0) is 13.5. The Morgan fingerprint density at radius 3 is 1.71 bits per heavy atom. The monoisotopic (exact) mass is 263 g/mol. The third-order valence-electron chi connectivity index (χ3n) is 1.98. The third-order valence-corrected chi connectivity index (χ3v) is 1.98. The van der Waals surface area contributed by atoms with Crippen LogP contribution in [0.5, 0.6) is 5.75 Å². The van der Waals surface area contributed by atoms with E-state index in [1.807, 2.05) is 12.1 Å². The average molecular weight is 263 g/mol. The molecule has 0 aliphatic rings. The van der Waals surface area contributed by atoms with Crippen LogP contribution in [-0.4, -0.2) is 35.7 Å². The summed E-state index contributed by atoms with van der Waals surface area (Å²) in [6.45, 7) is 6.25. The summed E-state index contributed by atoms with van der Waals surface area (Å²) in [5.74, 6) is 0.325. The SMILES string of the molecule is CCN(CC)c1ccc(O)cc1.O=S(=O)(O)O. The predicted octanol–water partition coefficient (Wildman–Crippen LogP) is 1.59. The van der Waals surface area contributed by atoms with Crippen LogP contribution in [0.1, 0.15) is 13.8 Å². The van der Waals surface area contributed by atoms with Gasteiger partial charge in [-0.05, 0) is 38.1 Å². The van der Waals surface area contributed by atoms with Gasteiger partial charge in [-0.1, -0.05) is 0 Å². The van der Waals surface area contributed by atoms with Gasteiger partial charge in [0.2, 0.25) is 0 Å². The molecule has 0 aromatic heterocycles. The molecule has 7 heteroatoms. The molecule has 0 aliphatic heterocycles. The maximum absolute atomic E-state index is 9.07. The van der Waals surface area contributed by atoms with Crippen molar-refractivity contribution >= 4 is 16.1 Å². The van der Waals surface area contributed by atoms with E-state index in [4.69, 9.17) is 22.6 Å². The van der Waals surface area contributed by atoms with E-state index in [0.29, 0.717) is 5.75 Å². The lowest BCUT2D eigenvalue weighted by Crippen LogP contribution is -2.21. The van der Waals surface area contributed by atoms with Crippen LogP contribution in [0.4, 0.5) is 5.69 Å². The molecule has 1 rings (SSSR count). The Balaban J connectivity index is 0.000000437. The zero-order valence-electron chi connectivity index (χ0n) is 9.74. The van der Waals surface area contributed by atoms with Gasteiger partial charge in [-0.25, -0.2) is 0 Å². The quantitative estimate of drug-likeness (QED) is 0.716. The van der Waals surface area contributed by atoms with Crippen LogP contribution in [0.3, 0.4) is 0 Å². The lowest BCUT2D eigenvalue weighted by atomic mass is 10.2. The number of phenols is 1. The first kappa shape index (κ1) is 15.7. The minimum atomic E-state index is -4.67. The van der Waals surface area contributed by atoms with Gasteiger partial charge < -0.3 is 10.0 Å². The fourth-order valence-electron chi connectivity index (χ4n) is 1.25. The third kappa shape index (κ3) is 8.49. The van der Waals surface area contributed by atoms with Gasteiger partial charge in [0.15, 0.2) is 0 Å². The summed E-state index contributed by atoms with van der Waals surface area (Å²) in [4.78, 5) is 2.24. The fraction of sp³-hybridized carbons (Fsp3) is 0.400. The van der Waals surface area contributed by atoms with Gasteiger partial charge in [0, 0.05) is 18.8 Å². The van der Waals surface area contributed by atoms with Crippen LogP contribution in [0, 0.1) is 0 Å². The number of hydrogen-bond acceptors (Lipinski definition) is 4. The van der Waals surface area contributed by atoms with Crippen molar-refractivity contribution in [1.82, 2.24) is 0 Å². The van der Waals surface area contributed by atoms with Crippen molar-refractivity contribution in [2.24, 2.45) is 0 Å². The van der Waals surface area contributed by atoms with Crippen molar-refractivity contribution in [2.75, 3.05) is 18.0 Å². The molecule has 0 spiro atoms. The molecule has 98 valence electrons. The molecular formula is C10H17NO5S. The van der Waals surface area contributed by atoms with E-state index >= 15 is 0 Å². The number of nitrogens with zero attached hydrogens (tertiary/aromatic N) is 1. The van der Waals surface area contributed by atoms with E-state index in [0.717, 1.165) is 18.8 Å². The van der Waals surface area contributed by atoms with E-state index < -0.39 is 10.4 Å². The van der Waals surface area contributed by atoms with Crippen LogP contribution < -0.4 is 4.90 Å². The molecule has 0 aliphatic carbocycles. The lowest BCUT2D eigenvalue weighted by molar-refractivity contribution is 0.381. The molecule has 0 unspecified atom stereocenters. The molecule has 6 nitrogen and oxygen atoms in total. The topological polar surface area (TPSA) is 98.1 Å². The number of hydrogen-bond donors (Lipinski definition) is 3. The Hall–Kier alpha value is -1.31. The second-order valence-electron chi connectivity index (χ2n) is 3.14. The molecule has 0 atom stereocenters. The molecule has 3 N–H and O–H groups in total. The molecule has 1 aromatic rings. The maximum atomic E-state index is 9.07. The number of benzene rings is 1. The first-order chi connectivity index (χ1) is 7.77. The first-order valence-corrected chi connectivity index (χ1v) is 6.41. The average Bonchev–Trinajstić information content (AvgIpc) is 2.20. The van der Waals surface area contributed by atoms with Crippen LogP contribution >= 0.6 is 0 Å². The number of anilines is 1. The normalized spacial score (nSPS) is 10.4. The van der Waals surface area contributed by atoms with Crippen molar-refractivity contribution < 1.29 is 22.6 Å². The highest BCUT2D eigenvalue weighted by atomic mass is 32.3. The smallest absolute Gasteiger partial charge is 0.394 e. The van der Waals surface area contributed by atoms with Gasteiger partial charge in [0.1, 0.15) is 5.75 Å². The standard InChI is InChI=1S/C10H15NO.H2O4S/c1-3-11(4-2)9-5-7-10(12)8-6-9;1-5(2,3)4/h5-8,12H,3-4H2,1-2H3;(H2,1,2,3,4). The van der Waals surface area contributed by atoms with Gasteiger partial charge in [0.25, 0.3) is 0 Å². The van der Waals surface area contributed by atoms with Crippen LogP contribution in [0.2, 0.25) is 0 Å². The zero-order valence-corrected chi connectivity index (χ0v) is 10.6. The molecule has 0 saturated heterocycles. The van der Waals surface area contributed by atoms with Gasteiger partial charge in [0.05, 0.1) is 0 Å². The molecule has 0 bridgehead atoms. The molecule has 0 heterocycles. The summed E-state index contributed by atoms with van der Waals surface area (Å²) in [6.07, 6.45) is 0. The summed E-state index contributed by atoms with van der Waals surface area (Å²) >= 11 is 0. The summed E-state index contributed by atoms with van der Waals surface area (Å²) in [5.41, 5.74) is 1.16. The van der Waals surface area contributed by atoms with E-state index in [9.17, 15) is 0 Å². The summed E-state index contributed by atoms with van der Waals surface area (Å²) < 4.78 is 31.6. The second-order valence-corrected chi connectivity index (χ2v) is 4.03. The highest BCUT2D eigenvalue weighted by molar-refractivity contribution is 7.79. The largest absolute Gasteiger partial charge is 0.508 e. The number of phenolic OH excluding ortho intramolecular Hbond substituents is 1. The van der Waals surface area contributed by atoms with Crippen molar-refractivity contribution in [2.45, 2.75) is 13.8 Å². The summed E-state index contributed by atoms with van der Waals surface area (Å²) in [5, 5.41) is 9.07. The Kier molecular flexibility index (Phi) is 6.55. The Morgan fingerprint density at radius 2 is 1.41 bits per heavy atom. The molecule has 0 saturated carbocycles. The molecule has 1 aromatic carbocycles. The van der Waals surface area contributed by atoms with E-state index in [2.05, 4.69) is 18.7 Å². The predicted molar refractivity (Wildman–Crippen MR) is 65.8 cm³/mol. The maximum Gasteiger partial charge on any atom is 0.394 e. The molecule has 17 heavy (non-hydrogen) atoms. The minimum Gasteiger partial charge on any atom is -0.508 e. The van der Waals surface area contributed by atoms with Crippen molar-refractivity contribution in [3.8, 4) is 5.75 Å². The Bertz CT molecular complexity index is 403. The van der Waals surface area contributed by atoms with Gasteiger partial charge in [-0.15, -0.1) is 0 Å². The lowest BCUT2D eigenvalue weighted by Gasteiger charge is -2.20. The van der Waals surface area contributed by atoms with Crippen LogP contribution in [0.25, 0.3) is 0 Å². The molecule has 0 amide bonds. The number of aromatic hydroxyl groups is 1. The molecule has 0 fully saturated rings. The summed E-state index contributed by atoms with van der Waals surface area (Å²) in [7, 11) is -4.67. The van der Waals surface area contributed by atoms with Gasteiger partial charge in [-0.2, -0.15) is 8.42 Å². The van der Waals surface area contributed by atoms with Gasteiger partial charge >= 0.3 is 10.4 Å². The first-order valence-electron chi connectivity index (χ1n) is 5.01. The minimum absolute atomic E-state index is 0.325. The Labute approximate surface area is 101 Å². The fourth-order valence-corrected chi connectivity index (χ4v) is 1.25. The second kappa shape index (κ2) is 7.10. The van der Waals surface area contributed by atoms with Crippen LogP contribution in [-0.2, 0) is 10.4 Å². The summed E-state index contributed by atoms with van der Waals surface area (Å²) in [6, 6.07) is 7.30. The van der Waals surface area contributed by atoms with Crippen molar-refractivity contribution in [3.63, 3.8) is 0 Å². The Morgan fingerprint density at radius 1 is 1.06 bits per heavy atom.